The van der Waals surface area contributed by atoms with Gasteiger partial charge in [-0.15, -0.1) is 0 Å². The summed E-state index contributed by atoms with van der Waals surface area (Å²) in [6.45, 7) is 22.0. The Hall–Kier alpha value is 0.377. The molecule has 0 spiro atoms. The molecule has 26 heavy (non-hydrogen) atoms. The molecule has 2 nitrogen and oxygen atoms in total. The molecule has 0 atom stereocenters. The molecule has 6 heteroatoms. The summed E-state index contributed by atoms with van der Waals surface area (Å²) in [5.74, 6) is 0. The van der Waals surface area contributed by atoms with Crippen molar-refractivity contribution in [3.63, 3.8) is 0 Å². The minimum atomic E-state index is 0. The standard InChI is InChI=1S/2C10H15.2Mo.2O.2H2S/c2*1-6-7(2)9(4)10(5)8(6)3;;;;;;/h2*1-5H3;;;;;2*1H2/q-5;-1;;;;;;/p-2. The molecule has 2 aromatic rings. The van der Waals surface area contributed by atoms with Gasteiger partial charge < -0.3 is 54.8 Å². The van der Waals surface area contributed by atoms with E-state index in [1.165, 1.54) is 55.6 Å². The summed E-state index contributed by atoms with van der Waals surface area (Å²) < 4.78 is 16.5. The van der Waals surface area contributed by atoms with Gasteiger partial charge in [-0.1, -0.05) is 34.6 Å². The summed E-state index contributed by atoms with van der Waals surface area (Å²) in [7, 11) is 0. The fraction of sp³-hybridized carbons (Fsp3) is 0.500. The van der Waals surface area contributed by atoms with E-state index < -0.39 is 0 Å². The molecular formula is C20H32Mo2O2S2-8. The maximum atomic E-state index is 8.26. The van der Waals surface area contributed by atoms with Crippen LogP contribution in [0.15, 0.2) is 0 Å². The van der Waals surface area contributed by atoms with Crippen molar-refractivity contribution < 1.29 is 46.3 Å². The maximum absolute atomic E-state index is 8.26. The van der Waals surface area contributed by atoms with Crippen LogP contribution in [0.25, 0.3) is 0 Å². The van der Waals surface area contributed by atoms with E-state index >= 15 is 0 Å². The molecular weight excluding hydrogens is 528 g/mol. The van der Waals surface area contributed by atoms with E-state index in [-0.39, 0.29) is 27.0 Å². The van der Waals surface area contributed by atoms with Crippen molar-refractivity contribution in [1.29, 1.82) is 0 Å². The van der Waals surface area contributed by atoms with Crippen LogP contribution in [0.4, 0.5) is 0 Å². The molecule has 0 N–H and O–H groups in total. The molecule has 2 rings (SSSR count). The van der Waals surface area contributed by atoms with Crippen LogP contribution in [0, 0.1) is 69.2 Å². The van der Waals surface area contributed by atoms with E-state index in [4.69, 9.17) is 6.80 Å². The Kier molecular flexibility index (Phi) is 21.3. The first-order valence-electron chi connectivity index (χ1n) is 7.83. The van der Waals surface area contributed by atoms with Gasteiger partial charge in [0.15, 0.2) is 0 Å². The normalized spacial score (nSPS) is 8.38. The van der Waals surface area contributed by atoms with Crippen molar-refractivity contribution in [1.82, 2.24) is 0 Å². The van der Waals surface area contributed by atoms with Crippen molar-refractivity contribution in [2.45, 2.75) is 69.2 Å². The van der Waals surface area contributed by atoms with Crippen LogP contribution in [0.3, 0.4) is 0 Å². The van der Waals surface area contributed by atoms with Crippen LogP contribution in [0.2, 0.25) is 0 Å². The predicted octanol–water partition coefficient (Wildman–Crippen LogP) is 5.11. The van der Waals surface area contributed by atoms with Gasteiger partial charge in [-0.05, 0) is 0 Å². The second-order valence-electron chi connectivity index (χ2n) is 6.25. The topological polar surface area (TPSA) is 34.1 Å². The zero-order chi connectivity index (χ0) is 19.8. The monoisotopic (exact) mass is 564 g/mol. The van der Waals surface area contributed by atoms with Gasteiger partial charge in [0.05, 0.1) is 0 Å². The summed E-state index contributed by atoms with van der Waals surface area (Å²) in [5.41, 5.74) is 14.7. The van der Waals surface area contributed by atoms with Gasteiger partial charge in [-0.2, -0.15) is 27.8 Å². The van der Waals surface area contributed by atoms with E-state index in [9.17, 15) is 0 Å². The van der Waals surface area contributed by atoms with E-state index in [0.29, 0.717) is 39.6 Å². The van der Waals surface area contributed by atoms with Gasteiger partial charge in [0.25, 0.3) is 0 Å². The smallest absolute Gasteiger partial charge is 0.813 e. The molecule has 0 saturated heterocycles. The molecule has 0 amide bonds. The molecule has 0 saturated carbocycles. The Bertz CT molecular complexity index is 456. The molecule has 0 aliphatic carbocycles. The Balaban J connectivity index is -0.000000147. The minimum absolute atomic E-state index is 0. The van der Waals surface area contributed by atoms with Crippen molar-refractivity contribution in [2.75, 3.05) is 0 Å². The van der Waals surface area contributed by atoms with Crippen molar-refractivity contribution in [3.8, 4) is 0 Å². The molecule has 0 heterocycles. The Morgan fingerprint density at radius 3 is 0.731 bits per heavy atom. The largest absolute Gasteiger partial charge is 0.813 e. The predicted molar refractivity (Wildman–Crippen MR) is 110 cm³/mol. The number of hydrogen-bond donors (Lipinski definition) is 0. The molecule has 0 fully saturated rings. The first-order valence-corrected chi connectivity index (χ1v) is 9.47. The summed E-state index contributed by atoms with van der Waals surface area (Å²) >= 11 is 1.40. The zero-order valence-corrected chi connectivity index (χ0v) is 23.3. The van der Waals surface area contributed by atoms with Gasteiger partial charge in [0.1, 0.15) is 0 Å². The zero-order valence-electron chi connectivity index (χ0n) is 17.5. The summed E-state index contributed by atoms with van der Waals surface area (Å²) in [5, 5.41) is 0. The van der Waals surface area contributed by atoms with Gasteiger partial charge in [0, 0.05) is 0 Å². The number of thiol groups is 2. The summed E-state index contributed by atoms with van der Waals surface area (Å²) in [4.78, 5) is 0. The molecule has 2 aromatic carbocycles. The summed E-state index contributed by atoms with van der Waals surface area (Å²) in [6, 6.07) is 0. The molecule has 0 unspecified atom stereocenters. The van der Waals surface area contributed by atoms with E-state index in [1.54, 1.807) is 0 Å². The summed E-state index contributed by atoms with van der Waals surface area (Å²) in [6.07, 6.45) is 0. The van der Waals surface area contributed by atoms with E-state index in [2.05, 4.69) is 69.2 Å². The maximum Gasteiger partial charge on any atom is -0.813 e. The molecule has 156 valence electrons. The molecule has 0 aliphatic rings. The SMILES string of the molecule is C[c-]1[c-](C)[c-](C)[c-](C)[c-]1C.Cc1c(C)c(C)[c-](C)c1C.[O]=[Mo].[O]=[Mo].[SH-].[SH-]. The van der Waals surface area contributed by atoms with Crippen LogP contribution in [-0.2, 0) is 73.3 Å². The second kappa shape index (κ2) is 16.3. The average Bonchev–Trinajstić information content (AvgIpc) is 2.89. The third-order valence-corrected chi connectivity index (χ3v) is 5.62. The Morgan fingerprint density at radius 1 is 0.500 bits per heavy atom. The minimum Gasteiger partial charge on any atom is -0.813 e. The van der Waals surface area contributed by atoms with Gasteiger partial charge in [0.2, 0.25) is 0 Å². The van der Waals surface area contributed by atoms with Gasteiger partial charge in [-0.25, -0.2) is 34.6 Å². The van der Waals surface area contributed by atoms with Gasteiger partial charge in [-0.3, -0.25) is 0 Å². The number of rotatable bonds is 0. The average molecular weight is 560 g/mol. The Labute approximate surface area is 197 Å². The quantitative estimate of drug-likeness (QED) is 0.194. The Morgan fingerprint density at radius 2 is 0.654 bits per heavy atom. The van der Waals surface area contributed by atoms with Crippen LogP contribution in [0.1, 0.15) is 55.6 Å². The van der Waals surface area contributed by atoms with Crippen LogP contribution in [0.5, 0.6) is 0 Å². The molecule has 0 bridgehead atoms. The molecule has 0 radical (unpaired) electrons. The van der Waals surface area contributed by atoms with Crippen LogP contribution >= 0.6 is 0 Å². The third-order valence-electron chi connectivity index (χ3n) is 5.62. The molecule has 0 aliphatic heterocycles. The van der Waals surface area contributed by atoms with Crippen LogP contribution < -0.4 is 0 Å². The second-order valence-corrected chi connectivity index (χ2v) is 6.25. The van der Waals surface area contributed by atoms with Gasteiger partial charge >= 0.3 is 46.3 Å². The fourth-order valence-corrected chi connectivity index (χ4v) is 2.81. The van der Waals surface area contributed by atoms with E-state index in [1.807, 2.05) is 0 Å². The van der Waals surface area contributed by atoms with Crippen molar-refractivity contribution >= 4 is 27.0 Å². The molecule has 0 aromatic heterocycles. The van der Waals surface area contributed by atoms with E-state index in [0.717, 1.165) is 0 Å². The third kappa shape index (κ3) is 8.17. The first kappa shape index (κ1) is 33.9. The number of hydrogen-bond acceptors (Lipinski definition) is 4. The van der Waals surface area contributed by atoms with Crippen LogP contribution in [-0.4, -0.2) is 0 Å². The van der Waals surface area contributed by atoms with Crippen molar-refractivity contribution in [2.24, 2.45) is 0 Å². The first-order chi connectivity index (χ1) is 11.1. The van der Waals surface area contributed by atoms with Crippen molar-refractivity contribution in [3.05, 3.63) is 55.6 Å². The fourth-order valence-electron chi connectivity index (χ4n) is 2.81.